The molecule has 5 nitrogen and oxygen atoms in total. The maximum Gasteiger partial charge on any atom is 0.0911 e. The Morgan fingerprint density at radius 3 is 2.80 bits per heavy atom. The highest BCUT2D eigenvalue weighted by atomic mass is 16.5. The van der Waals surface area contributed by atoms with E-state index in [0.717, 1.165) is 32.7 Å². The Morgan fingerprint density at radius 1 is 1.30 bits per heavy atom. The zero-order valence-corrected chi connectivity index (χ0v) is 12.7. The third-order valence-corrected chi connectivity index (χ3v) is 4.43. The summed E-state index contributed by atoms with van der Waals surface area (Å²) < 4.78 is 11.2. The van der Waals surface area contributed by atoms with E-state index in [-0.39, 0.29) is 0 Å². The smallest absolute Gasteiger partial charge is 0.0911 e. The first-order chi connectivity index (χ1) is 9.79. The number of hydrazine groups is 1. The number of hydrogen-bond acceptors (Lipinski definition) is 5. The Balaban J connectivity index is 1.59. The zero-order chi connectivity index (χ0) is 14.2. The fourth-order valence-corrected chi connectivity index (χ4v) is 3.11. The maximum absolute atomic E-state index is 10.0. The predicted molar refractivity (Wildman–Crippen MR) is 78.4 cm³/mol. The number of morpholine rings is 1. The van der Waals surface area contributed by atoms with Crippen LogP contribution in [0.2, 0.25) is 0 Å². The monoisotopic (exact) mass is 286 g/mol. The normalized spacial score (nSPS) is 30.3. The molecule has 2 aliphatic rings. The molecule has 0 aromatic heterocycles. The lowest BCUT2D eigenvalue weighted by atomic mass is 9.85. The van der Waals surface area contributed by atoms with E-state index in [0.29, 0.717) is 25.2 Å². The summed E-state index contributed by atoms with van der Waals surface area (Å²) in [4.78, 5) is 0. The third kappa shape index (κ3) is 5.30. The van der Waals surface area contributed by atoms with Crippen LogP contribution < -0.4 is 5.43 Å². The first-order valence-electron chi connectivity index (χ1n) is 8.15. The number of rotatable bonds is 7. The molecule has 5 heteroatoms. The molecule has 2 fully saturated rings. The average molecular weight is 286 g/mol. The van der Waals surface area contributed by atoms with Gasteiger partial charge in [0.15, 0.2) is 0 Å². The lowest BCUT2D eigenvalue weighted by Crippen LogP contribution is -2.49. The summed E-state index contributed by atoms with van der Waals surface area (Å²) in [6.07, 6.45) is 6.14. The van der Waals surface area contributed by atoms with E-state index in [1.54, 1.807) is 0 Å². The lowest BCUT2D eigenvalue weighted by molar-refractivity contribution is -0.0576. The molecule has 118 valence electrons. The van der Waals surface area contributed by atoms with Crippen molar-refractivity contribution in [1.29, 1.82) is 0 Å². The molecule has 2 rings (SSSR count). The molecular weight excluding hydrogens is 256 g/mol. The Hall–Kier alpha value is -0.200. The summed E-state index contributed by atoms with van der Waals surface area (Å²) in [5.74, 6) is 0.683. The highest BCUT2D eigenvalue weighted by molar-refractivity contribution is 4.75. The van der Waals surface area contributed by atoms with Crippen LogP contribution in [0.1, 0.15) is 39.0 Å². The van der Waals surface area contributed by atoms with Gasteiger partial charge in [-0.3, -0.25) is 5.43 Å². The highest BCUT2D eigenvalue weighted by Gasteiger charge is 2.25. The van der Waals surface area contributed by atoms with Gasteiger partial charge < -0.3 is 14.6 Å². The number of nitrogens with one attached hydrogen (secondary N) is 1. The van der Waals surface area contributed by atoms with Crippen LogP contribution in [-0.4, -0.2) is 61.8 Å². The molecule has 20 heavy (non-hydrogen) atoms. The molecule has 0 amide bonds. The fourth-order valence-electron chi connectivity index (χ4n) is 3.11. The van der Waals surface area contributed by atoms with Crippen molar-refractivity contribution in [3.8, 4) is 0 Å². The zero-order valence-electron chi connectivity index (χ0n) is 12.7. The first-order valence-corrected chi connectivity index (χ1v) is 8.15. The second-order valence-corrected chi connectivity index (χ2v) is 5.94. The largest absolute Gasteiger partial charge is 0.389 e. The average Bonchev–Trinajstić information content (AvgIpc) is 2.52. The van der Waals surface area contributed by atoms with Crippen LogP contribution >= 0.6 is 0 Å². The molecular formula is C15H30N2O3. The van der Waals surface area contributed by atoms with Gasteiger partial charge >= 0.3 is 0 Å². The fraction of sp³-hybridized carbons (Fsp3) is 1.00. The van der Waals surface area contributed by atoms with Crippen LogP contribution in [0.3, 0.4) is 0 Å². The van der Waals surface area contributed by atoms with E-state index in [9.17, 15) is 5.11 Å². The summed E-state index contributed by atoms with van der Waals surface area (Å²) >= 11 is 0. The van der Waals surface area contributed by atoms with Crippen LogP contribution in [0.25, 0.3) is 0 Å². The molecule has 0 radical (unpaired) electrons. The van der Waals surface area contributed by atoms with Crippen LogP contribution in [0, 0.1) is 5.92 Å². The van der Waals surface area contributed by atoms with E-state index in [4.69, 9.17) is 9.47 Å². The van der Waals surface area contributed by atoms with Gasteiger partial charge in [-0.25, -0.2) is 5.01 Å². The van der Waals surface area contributed by atoms with Gasteiger partial charge in [0.25, 0.3) is 0 Å². The van der Waals surface area contributed by atoms with Gasteiger partial charge in [0, 0.05) is 19.6 Å². The van der Waals surface area contributed by atoms with Gasteiger partial charge in [0.05, 0.1) is 32.0 Å². The summed E-state index contributed by atoms with van der Waals surface area (Å²) in [5.41, 5.74) is 3.26. The molecule has 2 N–H and O–H groups in total. The topological polar surface area (TPSA) is 54.0 Å². The van der Waals surface area contributed by atoms with E-state index < -0.39 is 6.10 Å². The van der Waals surface area contributed by atoms with Crippen molar-refractivity contribution in [2.45, 2.75) is 51.2 Å². The summed E-state index contributed by atoms with van der Waals surface area (Å²) in [5, 5.41) is 12.1. The Bertz CT molecular complexity index is 260. The van der Waals surface area contributed by atoms with Gasteiger partial charge in [-0.1, -0.05) is 26.2 Å². The van der Waals surface area contributed by atoms with Crippen molar-refractivity contribution >= 4 is 0 Å². The molecule has 0 aromatic rings. The Kier molecular flexibility index (Phi) is 7.24. The molecule has 1 saturated carbocycles. The molecule has 1 aliphatic carbocycles. The van der Waals surface area contributed by atoms with Gasteiger partial charge in [0.1, 0.15) is 0 Å². The summed E-state index contributed by atoms with van der Waals surface area (Å²) in [6.45, 7) is 6.53. The third-order valence-electron chi connectivity index (χ3n) is 4.43. The first kappa shape index (κ1) is 16.2. The molecule has 1 saturated heterocycles. The molecule has 1 heterocycles. The highest BCUT2D eigenvalue weighted by Crippen LogP contribution is 2.29. The SMILES string of the molecule is CCC1CCCCC1OCC(O)CNN1CCOCC1. The van der Waals surface area contributed by atoms with Crippen molar-refractivity contribution in [1.82, 2.24) is 10.4 Å². The van der Waals surface area contributed by atoms with Crippen molar-refractivity contribution in [2.75, 3.05) is 39.5 Å². The molecule has 3 unspecified atom stereocenters. The van der Waals surface area contributed by atoms with Crippen molar-refractivity contribution in [3.63, 3.8) is 0 Å². The molecule has 1 aliphatic heterocycles. The van der Waals surface area contributed by atoms with Gasteiger partial charge in [-0.15, -0.1) is 0 Å². The van der Waals surface area contributed by atoms with Crippen LogP contribution in [0.5, 0.6) is 0 Å². The standard InChI is InChI=1S/C15H30N2O3/c1-2-13-5-3-4-6-15(13)20-12-14(18)11-16-17-7-9-19-10-8-17/h13-16,18H,2-12H2,1H3. The molecule has 0 aromatic carbocycles. The quantitative estimate of drug-likeness (QED) is 0.736. The molecule has 0 bridgehead atoms. The molecule has 3 atom stereocenters. The van der Waals surface area contributed by atoms with Gasteiger partial charge in [-0.05, 0) is 18.8 Å². The van der Waals surface area contributed by atoms with Crippen molar-refractivity contribution < 1.29 is 14.6 Å². The van der Waals surface area contributed by atoms with E-state index in [2.05, 4.69) is 17.4 Å². The second kappa shape index (κ2) is 8.95. The van der Waals surface area contributed by atoms with E-state index in [1.807, 2.05) is 0 Å². The Labute approximate surface area is 122 Å². The van der Waals surface area contributed by atoms with Crippen LogP contribution in [0.15, 0.2) is 0 Å². The van der Waals surface area contributed by atoms with Crippen molar-refractivity contribution in [3.05, 3.63) is 0 Å². The number of ether oxygens (including phenoxy) is 2. The van der Waals surface area contributed by atoms with E-state index in [1.165, 1.54) is 25.7 Å². The second-order valence-electron chi connectivity index (χ2n) is 5.94. The minimum Gasteiger partial charge on any atom is -0.389 e. The van der Waals surface area contributed by atoms with Crippen LogP contribution in [0.4, 0.5) is 0 Å². The summed E-state index contributed by atoms with van der Waals surface area (Å²) in [7, 11) is 0. The molecule has 0 spiro atoms. The van der Waals surface area contributed by atoms with Gasteiger partial charge in [-0.2, -0.15) is 0 Å². The van der Waals surface area contributed by atoms with E-state index >= 15 is 0 Å². The number of nitrogens with zero attached hydrogens (tertiary/aromatic N) is 1. The Morgan fingerprint density at radius 2 is 2.05 bits per heavy atom. The number of aliphatic hydroxyl groups is 1. The predicted octanol–water partition coefficient (Wildman–Crippen LogP) is 1.17. The number of hydrogen-bond donors (Lipinski definition) is 2. The summed E-state index contributed by atoms with van der Waals surface area (Å²) in [6, 6.07) is 0. The minimum atomic E-state index is -0.433. The lowest BCUT2D eigenvalue weighted by Gasteiger charge is -2.32. The van der Waals surface area contributed by atoms with Gasteiger partial charge in [0.2, 0.25) is 0 Å². The number of aliphatic hydroxyl groups excluding tert-OH is 1. The minimum absolute atomic E-state index is 0.354. The van der Waals surface area contributed by atoms with Crippen LogP contribution in [-0.2, 0) is 9.47 Å². The maximum atomic E-state index is 10.0. The van der Waals surface area contributed by atoms with Crippen molar-refractivity contribution in [2.24, 2.45) is 5.92 Å².